The number of Topliss-reactive ketones (excluding diaryl/α,β-unsaturated/α-hetero) is 1. The molecule has 0 saturated carbocycles. The van der Waals surface area contributed by atoms with Crippen LogP contribution in [0.5, 0.6) is 0 Å². The van der Waals surface area contributed by atoms with Gasteiger partial charge in [0.05, 0.1) is 26.2 Å². The topological polar surface area (TPSA) is 96.0 Å². The highest BCUT2D eigenvalue weighted by Gasteiger charge is 2.38. The number of carbonyl (C=O) groups is 4. The van der Waals surface area contributed by atoms with E-state index in [2.05, 4.69) is 0 Å². The molecule has 2 atom stereocenters. The number of ketones is 1. The van der Waals surface area contributed by atoms with E-state index in [1.165, 1.54) is 6.08 Å². The minimum absolute atomic E-state index is 0.104. The van der Waals surface area contributed by atoms with Crippen LogP contribution >= 0.6 is 0 Å². The molecule has 1 rings (SSSR count). The molecule has 0 amide bonds. The van der Waals surface area contributed by atoms with Gasteiger partial charge in [-0.15, -0.1) is 0 Å². The summed E-state index contributed by atoms with van der Waals surface area (Å²) in [4.78, 5) is 47.7. The molecule has 0 saturated heterocycles. The number of esters is 3. The van der Waals surface area contributed by atoms with Crippen LogP contribution in [-0.2, 0) is 33.4 Å². The van der Waals surface area contributed by atoms with Gasteiger partial charge in [0.15, 0.2) is 5.78 Å². The van der Waals surface area contributed by atoms with Gasteiger partial charge >= 0.3 is 17.9 Å². The van der Waals surface area contributed by atoms with E-state index in [9.17, 15) is 19.2 Å². The molecule has 128 valence electrons. The Bertz CT molecular complexity index is 507. The Balaban J connectivity index is 3.04. The molecule has 0 unspecified atom stereocenters. The summed E-state index contributed by atoms with van der Waals surface area (Å²) in [5, 5.41) is 0. The first-order valence-electron chi connectivity index (χ1n) is 7.68. The fourth-order valence-electron chi connectivity index (χ4n) is 2.37. The van der Waals surface area contributed by atoms with Crippen LogP contribution in [0.4, 0.5) is 0 Å². The zero-order valence-corrected chi connectivity index (χ0v) is 13.6. The van der Waals surface area contributed by atoms with Crippen molar-refractivity contribution in [3.05, 3.63) is 11.6 Å². The molecular formula is C16H22O7. The molecule has 0 heterocycles. The fourth-order valence-corrected chi connectivity index (χ4v) is 2.37. The van der Waals surface area contributed by atoms with Crippen LogP contribution < -0.4 is 0 Å². The second-order valence-corrected chi connectivity index (χ2v) is 4.95. The summed E-state index contributed by atoms with van der Waals surface area (Å²) in [5.74, 6) is -4.00. The number of carbonyl (C=O) groups excluding carboxylic acids is 4. The molecule has 7 heteroatoms. The molecule has 1 aliphatic carbocycles. The highest BCUT2D eigenvalue weighted by molar-refractivity contribution is 6.05. The normalized spacial score (nSPS) is 20.5. The van der Waals surface area contributed by atoms with E-state index in [1.807, 2.05) is 0 Å². The van der Waals surface area contributed by atoms with Gasteiger partial charge in [-0.3, -0.25) is 14.4 Å². The molecule has 0 bridgehead atoms. The third-order valence-electron chi connectivity index (χ3n) is 3.35. The van der Waals surface area contributed by atoms with Gasteiger partial charge < -0.3 is 14.2 Å². The van der Waals surface area contributed by atoms with Crippen molar-refractivity contribution in [3.8, 4) is 0 Å². The Morgan fingerprint density at radius 1 is 1.04 bits per heavy atom. The van der Waals surface area contributed by atoms with E-state index in [-0.39, 0.29) is 44.0 Å². The predicted molar refractivity (Wildman–Crippen MR) is 79.2 cm³/mol. The van der Waals surface area contributed by atoms with Crippen molar-refractivity contribution < 1.29 is 33.4 Å². The fraction of sp³-hybridized carbons (Fsp3) is 0.625. The Labute approximate surface area is 135 Å². The van der Waals surface area contributed by atoms with E-state index in [0.29, 0.717) is 0 Å². The molecule has 0 aromatic heterocycles. The molecule has 0 aromatic carbocycles. The summed E-state index contributed by atoms with van der Waals surface area (Å²) >= 11 is 0. The molecule has 0 aromatic rings. The summed E-state index contributed by atoms with van der Waals surface area (Å²) in [6.07, 6.45) is 1.04. The second-order valence-electron chi connectivity index (χ2n) is 4.95. The Kier molecular flexibility index (Phi) is 7.44. The monoisotopic (exact) mass is 326 g/mol. The first kappa shape index (κ1) is 18.9. The zero-order chi connectivity index (χ0) is 17.4. The third kappa shape index (κ3) is 5.19. The van der Waals surface area contributed by atoms with E-state index in [0.717, 1.165) is 0 Å². The highest BCUT2D eigenvalue weighted by atomic mass is 16.5. The Morgan fingerprint density at radius 2 is 1.65 bits per heavy atom. The van der Waals surface area contributed by atoms with E-state index < -0.39 is 29.7 Å². The van der Waals surface area contributed by atoms with Crippen molar-refractivity contribution in [1.29, 1.82) is 0 Å². The number of ether oxygens (including phenoxy) is 3. The highest BCUT2D eigenvalue weighted by Crippen LogP contribution is 2.30. The molecule has 7 nitrogen and oxygen atoms in total. The van der Waals surface area contributed by atoms with Gasteiger partial charge in [0.1, 0.15) is 5.92 Å². The number of rotatable bonds is 7. The van der Waals surface area contributed by atoms with Crippen LogP contribution in [0.25, 0.3) is 0 Å². The van der Waals surface area contributed by atoms with Gasteiger partial charge in [-0.1, -0.05) is 6.08 Å². The molecule has 0 radical (unpaired) electrons. The van der Waals surface area contributed by atoms with Gasteiger partial charge in [0.25, 0.3) is 0 Å². The van der Waals surface area contributed by atoms with Crippen molar-refractivity contribution in [2.75, 3.05) is 19.8 Å². The average molecular weight is 326 g/mol. The second kappa shape index (κ2) is 9.07. The minimum Gasteiger partial charge on any atom is -0.466 e. The maximum atomic E-state index is 12.1. The summed E-state index contributed by atoms with van der Waals surface area (Å²) in [5.41, 5.74) is 0.151. The van der Waals surface area contributed by atoms with Crippen molar-refractivity contribution >= 4 is 23.7 Å². The van der Waals surface area contributed by atoms with Gasteiger partial charge in [-0.2, -0.15) is 0 Å². The lowest BCUT2D eigenvalue weighted by molar-refractivity contribution is -0.150. The van der Waals surface area contributed by atoms with Crippen LogP contribution in [0.15, 0.2) is 11.6 Å². The summed E-state index contributed by atoms with van der Waals surface area (Å²) in [6.45, 7) is 5.45. The van der Waals surface area contributed by atoms with Crippen molar-refractivity contribution in [3.63, 3.8) is 0 Å². The van der Waals surface area contributed by atoms with E-state index >= 15 is 0 Å². The number of hydrogen-bond donors (Lipinski definition) is 0. The van der Waals surface area contributed by atoms with Crippen LogP contribution in [0.2, 0.25) is 0 Å². The predicted octanol–water partition coefficient (Wildman–Crippen LogP) is 1.20. The van der Waals surface area contributed by atoms with Crippen LogP contribution in [0.3, 0.4) is 0 Å². The van der Waals surface area contributed by atoms with Crippen LogP contribution in [0, 0.1) is 11.8 Å². The quantitative estimate of drug-likeness (QED) is 0.394. The molecule has 1 aliphatic rings. The van der Waals surface area contributed by atoms with Gasteiger partial charge in [0, 0.05) is 17.9 Å². The maximum Gasteiger partial charge on any atom is 0.334 e. The Morgan fingerprint density at radius 3 is 2.22 bits per heavy atom. The molecule has 23 heavy (non-hydrogen) atoms. The largest absolute Gasteiger partial charge is 0.466 e. The summed E-state index contributed by atoms with van der Waals surface area (Å²) in [6, 6.07) is 0. The summed E-state index contributed by atoms with van der Waals surface area (Å²) in [7, 11) is 0. The summed E-state index contributed by atoms with van der Waals surface area (Å²) < 4.78 is 14.7. The SMILES string of the molecule is CCOC(=O)C[C@H]1CC(=O)[C@@H](C(=O)OCC)C=C1C(=O)OCC. The number of hydrogen-bond acceptors (Lipinski definition) is 7. The van der Waals surface area contributed by atoms with Crippen molar-refractivity contribution in [2.24, 2.45) is 11.8 Å². The smallest absolute Gasteiger partial charge is 0.334 e. The average Bonchev–Trinajstić information content (AvgIpc) is 2.47. The maximum absolute atomic E-state index is 12.1. The molecule has 0 aliphatic heterocycles. The molecular weight excluding hydrogens is 304 g/mol. The first-order chi connectivity index (χ1) is 10.9. The van der Waals surface area contributed by atoms with Crippen LogP contribution in [0.1, 0.15) is 33.6 Å². The lowest BCUT2D eigenvalue weighted by atomic mass is 9.79. The third-order valence-corrected chi connectivity index (χ3v) is 3.35. The first-order valence-corrected chi connectivity index (χ1v) is 7.68. The zero-order valence-electron chi connectivity index (χ0n) is 13.6. The van der Waals surface area contributed by atoms with Gasteiger partial charge in [0.2, 0.25) is 0 Å². The standard InChI is InChI=1S/C16H22O7/c1-4-21-14(18)8-10-7-13(17)12(16(20)23-6-3)9-11(10)15(19)22-5-2/h9-10,12H,4-8H2,1-3H3/t10-,12+/m1/s1. The van der Waals surface area contributed by atoms with Crippen molar-refractivity contribution in [2.45, 2.75) is 33.6 Å². The lowest BCUT2D eigenvalue weighted by Crippen LogP contribution is -2.34. The Hall–Kier alpha value is -2.18. The molecule has 0 N–H and O–H groups in total. The van der Waals surface area contributed by atoms with E-state index in [1.54, 1.807) is 20.8 Å². The van der Waals surface area contributed by atoms with Gasteiger partial charge in [-0.25, -0.2) is 4.79 Å². The molecule has 0 fully saturated rings. The minimum atomic E-state index is -1.13. The van der Waals surface area contributed by atoms with Crippen molar-refractivity contribution in [1.82, 2.24) is 0 Å². The molecule has 0 spiro atoms. The van der Waals surface area contributed by atoms with Crippen LogP contribution in [-0.4, -0.2) is 43.5 Å². The van der Waals surface area contributed by atoms with E-state index in [4.69, 9.17) is 14.2 Å². The lowest BCUT2D eigenvalue weighted by Gasteiger charge is -2.25. The van der Waals surface area contributed by atoms with Gasteiger partial charge in [-0.05, 0) is 20.8 Å².